The van der Waals surface area contributed by atoms with Gasteiger partial charge in [0.25, 0.3) is 0 Å². The van der Waals surface area contributed by atoms with Crippen molar-refractivity contribution in [2.75, 3.05) is 0 Å². The molecule has 2 rings (SSSR count). The second-order valence-electron chi connectivity index (χ2n) is 5.92. The van der Waals surface area contributed by atoms with Crippen molar-refractivity contribution in [1.82, 2.24) is 0 Å². The van der Waals surface area contributed by atoms with Crippen molar-refractivity contribution in [2.45, 2.75) is 26.4 Å². The number of hydrogen-bond acceptors (Lipinski definition) is 4. The first-order valence-corrected chi connectivity index (χ1v) is 8.05. The minimum atomic E-state index is -0.186. The molecule has 4 nitrogen and oxygen atoms in total. The Hall–Kier alpha value is -3.01. The van der Waals surface area contributed by atoms with Crippen LogP contribution in [0.5, 0.6) is 17.2 Å². The van der Waals surface area contributed by atoms with Crippen molar-refractivity contribution >= 4 is 11.9 Å². The molecular weight excluding hydrogens is 316 g/mol. The number of phenolic OH excluding ortho intramolecular Hbond substituents is 2. The third kappa shape index (κ3) is 4.98. The predicted octanol–water partition coefficient (Wildman–Crippen LogP) is 4.51. The number of aromatic hydroxyl groups is 2. The average Bonchev–Trinajstić information content (AvgIpc) is 2.56. The Morgan fingerprint density at radius 1 is 1.20 bits per heavy atom. The summed E-state index contributed by atoms with van der Waals surface area (Å²) in [7, 11) is 0. The maximum Gasteiger partial charge on any atom is 0.185 e. The topological polar surface area (TPSA) is 66.8 Å². The van der Waals surface area contributed by atoms with Gasteiger partial charge in [0, 0.05) is 17.2 Å². The summed E-state index contributed by atoms with van der Waals surface area (Å²) in [5.74, 6) is 0.572. The maximum absolute atomic E-state index is 12.3. The molecule has 0 fully saturated rings. The molecule has 0 aliphatic carbocycles. The summed E-state index contributed by atoms with van der Waals surface area (Å²) in [6, 6.07) is 9.41. The molecule has 0 amide bonds. The van der Waals surface area contributed by atoms with Crippen LogP contribution >= 0.6 is 0 Å². The van der Waals surface area contributed by atoms with Gasteiger partial charge in [-0.3, -0.25) is 4.79 Å². The highest BCUT2D eigenvalue weighted by molar-refractivity contribution is 6.07. The molecular formula is C21H22O4. The summed E-state index contributed by atoms with van der Waals surface area (Å²) in [5, 5.41) is 19.4. The van der Waals surface area contributed by atoms with Crippen LogP contribution in [0.2, 0.25) is 0 Å². The third-order valence-corrected chi connectivity index (χ3v) is 3.50. The number of carbonyl (C=O) groups is 1. The quantitative estimate of drug-likeness (QED) is 0.443. The van der Waals surface area contributed by atoms with Gasteiger partial charge in [-0.2, -0.15) is 0 Å². The van der Waals surface area contributed by atoms with Crippen molar-refractivity contribution in [1.29, 1.82) is 0 Å². The molecule has 0 atom stereocenters. The summed E-state index contributed by atoms with van der Waals surface area (Å²) in [4.78, 5) is 12.3. The summed E-state index contributed by atoms with van der Waals surface area (Å²) < 4.78 is 5.73. The standard InChI is InChI=1S/C21H22O4/c1-4-5-16-12-17(21(13-20(16)24)25-14(2)3)8-11-19(23)15-6-9-18(22)10-7-15/h4,6-14,22,24H,1,5H2,2-3H3. The lowest BCUT2D eigenvalue weighted by Crippen LogP contribution is -2.07. The first-order chi connectivity index (χ1) is 11.9. The maximum atomic E-state index is 12.3. The van der Waals surface area contributed by atoms with E-state index in [0.29, 0.717) is 28.9 Å². The van der Waals surface area contributed by atoms with Gasteiger partial charge in [-0.1, -0.05) is 6.08 Å². The summed E-state index contributed by atoms with van der Waals surface area (Å²) >= 11 is 0. The fraction of sp³-hybridized carbons (Fsp3) is 0.190. The van der Waals surface area contributed by atoms with Crippen molar-refractivity contribution in [3.8, 4) is 17.2 Å². The highest BCUT2D eigenvalue weighted by Gasteiger charge is 2.10. The highest BCUT2D eigenvalue weighted by atomic mass is 16.5. The number of phenols is 2. The van der Waals surface area contributed by atoms with Crippen molar-refractivity contribution in [3.63, 3.8) is 0 Å². The average molecular weight is 338 g/mol. The van der Waals surface area contributed by atoms with E-state index in [0.717, 1.165) is 0 Å². The number of benzene rings is 2. The zero-order valence-electron chi connectivity index (χ0n) is 14.4. The second-order valence-corrected chi connectivity index (χ2v) is 5.92. The van der Waals surface area contributed by atoms with Gasteiger partial charge in [0.15, 0.2) is 5.78 Å². The van der Waals surface area contributed by atoms with Crippen LogP contribution < -0.4 is 4.74 Å². The minimum absolute atomic E-state index is 0.0652. The summed E-state index contributed by atoms with van der Waals surface area (Å²) in [6.45, 7) is 7.47. The van der Waals surface area contributed by atoms with Crippen LogP contribution in [0.25, 0.3) is 6.08 Å². The van der Waals surface area contributed by atoms with Crippen LogP contribution in [0, 0.1) is 0 Å². The molecule has 0 unspecified atom stereocenters. The van der Waals surface area contributed by atoms with Crippen LogP contribution in [0.3, 0.4) is 0 Å². The number of rotatable bonds is 7. The SMILES string of the molecule is C=CCc1cc(C=CC(=O)c2ccc(O)cc2)c(OC(C)C)cc1O. The summed E-state index contributed by atoms with van der Waals surface area (Å²) in [5.41, 5.74) is 1.89. The Balaban J connectivity index is 2.34. The molecule has 0 aliphatic heterocycles. The van der Waals surface area contributed by atoms with Crippen LogP contribution in [-0.2, 0) is 6.42 Å². The van der Waals surface area contributed by atoms with E-state index in [1.807, 2.05) is 13.8 Å². The van der Waals surface area contributed by atoms with Crippen LogP contribution in [-0.4, -0.2) is 22.1 Å². The fourth-order valence-corrected chi connectivity index (χ4v) is 2.33. The molecule has 0 spiro atoms. The van der Waals surface area contributed by atoms with Gasteiger partial charge in [-0.15, -0.1) is 6.58 Å². The van der Waals surface area contributed by atoms with Gasteiger partial charge in [-0.25, -0.2) is 0 Å². The van der Waals surface area contributed by atoms with E-state index in [1.54, 1.807) is 36.4 Å². The molecule has 0 aliphatic rings. The van der Waals surface area contributed by atoms with Gasteiger partial charge < -0.3 is 14.9 Å². The van der Waals surface area contributed by atoms with Gasteiger partial charge >= 0.3 is 0 Å². The van der Waals surface area contributed by atoms with E-state index in [1.165, 1.54) is 18.2 Å². The third-order valence-electron chi connectivity index (χ3n) is 3.50. The second kappa shape index (κ2) is 8.20. The first kappa shape index (κ1) is 18.3. The van der Waals surface area contributed by atoms with E-state index in [4.69, 9.17) is 4.74 Å². The Labute approximate surface area is 147 Å². The molecule has 130 valence electrons. The largest absolute Gasteiger partial charge is 0.508 e. The monoisotopic (exact) mass is 338 g/mol. The molecule has 2 aromatic carbocycles. The smallest absolute Gasteiger partial charge is 0.185 e. The van der Waals surface area contributed by atoms with E-state index in [9.17, 15) is 15.0 Å². The van der Waals surface area contributed by atoms with Crippen LogP contribution in [0.1, 0.15) is 35.3 Å². The zero-order chi connectivity index (χ0) is 18.4. The lowest BCUT2D eigenvalue weighted by atomic mass is 10.0. The molecule has 2 aromatic rings. The van der Waals surface area contributed by atoms with E-state index < -0.39 is 0 Å². The Morgan fingerprint density at radius 2 is 1.88 bits per heavy atom. The zero-order valence-corrected chi connectivity index (χ0v) is 14.4. The minimum Gasteiger partial charge on any atom is -0.508 e. The van der Waals surface area contributed by atoms with Crippen molar-refractivity contribution < 1.29 is 19.7 Å². The van der Waals surface area contributed by atoms with E-state index >= 15 is 0 Å². The molecule has 0 aromatic heterocycles. The Morgan fingerprint density at radius 3 is 2.48 bits per heavy atom. The normalized spacial score (nSPS) is 11.0. The van der Waals surface area contributed by atoms with Crippen LogP contribution in [0.4, 0.5) is 0 Å². The van der Waals surface area contributed by atoms with Gasteiger partial charge in [0.1, 0.15) is 17.2 Å². The van der Waals surface area contributed by atoms with E-state index in [-0.39, 0.29) is 23.4 Å². The Bertz CT molecular complexity index is 786. The highest BCUT2D eigenvalue weighted by Crippen LogP contribution is 2.31. The first-order valence-electron chi connectivity index (χ1n) is 8.05. The number of ketones is 1. The molecule has 0 heterocycles. The van der Waals surface area contributed by atoms with Crippen molar-refractivity contribution in [2.24, 2.45) is 0 Å². The van der Waals surface area contributed by atoms with Gasteiger partial charge in [0.05, 0.1) is 6.10 Å². The molecule has 2 N–H and O–H groups in total. The summed E-state index contributed by atoms with van der Waals surface area (Å²) in [6.07, 6.45) is 5.26. The predicted molar refractivity (Wildman–Crippen MR) is 99.2 cm³/mol. The number of carbonyl (C=O) groups excluding carboxylic acids is 1. The molecule has 0 saturated carbocycles. The molecule has 0 radical (unpaired) electrons. The lowest BCUT2D eigenvalue weighted by Gasteiger charge is -2.14. The molecule has 0 bridgehead atoms. The van der Waals surface area contributed by atoms with Gasteiger partial charge in [-0.05, 0) is 68.3 Å². The van der Waals surface area contributed by atoms with Gasteiger partial charge in [0.2, 0.25) is 0 Å². The van der Waals surface area contributed by atoms with Crippen molar-refractivity contribution in [3.05, 3.63) is 71.8 Å². The van der Waals surface area contributed by atoms with Crippen LogP contribution in [0.15, 0.2) is 55.1 Å². The lowest BCUT2D eigenvalue weighted by molar-refractivity contribution is 0.104. The molecule has 4 heteroatoms. The number of allylic oxidation sites excluding steroid dienone is 2. The molecule has 25 heavy (non-hydrogen) atoms. The Kier molecular flexibility index (Phi) is 6.01. The fourth-order valence-electron chi connectivity index (χ4n) is 2.33. The molecule has 0 saturated heterocycles. The van der Waals surface area contributed by atoms with E-state index in [2.05, 4.69) is 6.58 Å². The number of ether oxygens (including phenoxy) is 1. The number of hydrogen-bond donors (Lipinski definition) is 2.